The van der Waals surface area contributed by atoms with Crippen molar-refractivity contribution in [2.24, 2.45) is 0 Å². The van der Waals surface area contributed by atoms with Crippen LogP contribution in [-0.4, -0.2) is 12.6 Å². The average Bonchev–Trinajstić information content (AvgIpc) is 2.24. The number of hydrogen-bond donors (Lipinski definition) is 3. The zero-order valence-corrected chi connectivity index (χ0v) is 9.76. The SMILES string of the molecule is CCONNC(=O)Nc1c(C)cccc1C. The van der Waals surface area contributed by atoms with E-state index in [4.69, 9.17) is 4.84 Å². The maximum Gasteiger partial charge on any atom is 0.335 e. The number of anilines is 1. The van der Waals surface area contributed by atoms with Crippen LogP contribution in [0, 0.1) is 13.8 Å². The van der Waals surface area contributed by atoms with Crippen LogP contribution >= 0.6 is 0 Å². The topological polar surface area (TPSA) is 62.4 Å². The zero-order chi connectivity index (χ0) is 12.0. The van der Waals surface area contributed by atoms with Crippen LogP contribution in [0.2, 0.25) is 0 Å². The summed E-state index contributed by atoms with van der Waals surface area (Å²) in [4.78, 5) is 16.2. The summed E-state index contributed by atoms with van der Waals surface area (Å²) < 4.78 is 0. The lowest BCUT2D eigenvalue weighted by Gasteiger charge is -2.12. The highest BCUT2D eigenvalue weighted by molar-refractivity contribution is 5.90. The van der Waals surface area contributed by atoms with E-state index in [-0.39, 0.29) is 6.03 Å². The van der Waals surface area contributed by atoms with Gasteiger partial charge in [-0.1, -0.05) is 18.2 Å². The molecule has 0 aliphatic carbocycles. The third-order valence-electron chi connectivity index (χ3n) is 2.10. The van der Waals surface area contributed by atoms with Gasteiger partial charge in [0.2, 0.25) is 0 Å². The van der Waals surface area contributed by atoms with E-state index in [0.29, 0.717) is 6.61 Å². The molecule has 0 atom stereocenters. The largest absolute Gasteiger partial charge is 0.335 e. The van der Waals surface area contributed by atoms with Gasteiger partial charge in [-0.2, -0.15) is 0 Å². The molecule has 16 heavy (non-hydrogen) atoms. The van der Waals surface area contributed by atoms with Gasteiger partial charge in [0.05, 0.1) is 6.61 Å². The Bertz CT molecular complexity index is 346. The Morgan fingerprint density at radius 1 is 1.31 bits per heavy atom. The molecule has 5 heteroatoms. The molecule has 0 aliphatic heterocycles. The van der Waals surface area contributed by atoms with Gasteiger partial charge in [-0.15, -0.1) is 5.59 Å². The fraction of sp³-hybridized carbons (Fsp3) is 0.364. The zero-order valence-electron chi connectivity index (χ0n) is 9.76. The molecule has 0 spiro atoms. The van der Waals surface area contributed by atoms with E-state index in [9.17, 15) is 4.79 Å². The van der Waals surface area contributed by atoms with Gasteiger partial charge in [-0.25, -0.2) is 10.2 Å². The van der Waals surface area contributed by atoms with Crippen LogP contribution in [0.1, 0.15) is 18.1 Å². The molecule has 0 saturated carbocycles. The fourth-order valence-corrected chi connectivity index (χ4v) is 1.31. The summed E-state index contributed by atoms with van der Waals surface area (Å²) in [7, 11) is 0. The van der Waals surface area contributed by atoms with Gasteiger partial charge in [0.1, 0.15) is 0 Å². The number of carbonyl (C=O) groups excluding carboxylic acids is 1. The molecule has 0 fully saturated rings. The predicted molar refractivity (Wildman–Crippen MR) is 62.8 cm³/mol. The molecular weight excluding hydrogens is 206 g/mol. The van der Waals surface area contributed by atoms with E-state index in [1.165, 1.54) is 0 Å². The molecule has 3 N–H and O–H groups in total. The molecule has 0 bridgehead atoms. The van der Waals surface area contributed by atoms with Crippen LogP contribution in [0.15, 0.2) is 18.2 Å². The smallest absolute Gasteiger partial charge is 0.306 e. The van der Waals surface area contributed by atoms with Crippen LogP contribution in [0.3, 0.4) is 0 Å². The minimum absolute atomic E-state index is 0.356. The number of carbonyl (C=O) groups is 1. The van der Waals surface area contributed by atoms with Gasteiger partial charge in [0, 0.05) is 5.69 Å². The Morgan fingerprint density at radius 2 is 1.94 bits per heavy atom. The first kappa shape index (κ1) is 12.5. The number of aryl methyl sites for hydroxylation is 2. The van der Waals surface area contributed by atoms with Crippen LogP contribution in [-0.2, 0) is 4.84 Å². The Morgan fingerprint density at radius 3 is 2.50 bits per heavy atom. The second-order valence-electron chi connectivity index (χ2n) is 3.38. The standard InChI is InChI=1S/C11H17N3O2/c1-4-16-14-13-11(15)12-10-8(2)6-5-7-9(10)3/h5-7,14H,4H2,1-3H3,(H2,12,13,15). The number of benzene rings is 1. The highest BCUT2D eigenvalue weighted by Gasteiger charge is 2.05. The number of urea groups is 1. The van der Waals surface area contributed by atoms with Crippen molar-refractivity contribution < 1.29 is 9.63 Å². The van der Waals surface area contributed by atoms with E-state index in [2.05, 4.69) is 16.3 Å². The van der Waals surface area contributed by atoms with Crippen molar-refractivity contribution >= 4 is 11.7 Å². The Balaban J connectivity index is 2.56. The number of para-hydroxylation sites is 1. The van der Waals surface area contributed by atoms with Gasteiger partial charge >= 0.3 is 6.03 Å². The van der Waals surface area contributed by atoms with Crippen LogP contribution in [0.5, 0.6) is 0 Å². The van der Waals surface area contributed by atoms with Crippen molar-refractivity contribution in [2.75, 3.05) is 11.9 Å². The molecule has 0 aliphatic rings. The lowest BCUT2D eigenvalue weighted by atomic mass is 10.1. The summed E-state index contributed by atoms with van der Waals surface area (Å²) in [5.41, 5.74) is 7.55. The Kier molecular flexibility index (Phi) is 4.75. The van der Waals surface area contributed by atoms with E-state index < -0.39 is 0 Å². The van der Waals surface area contributed by atoms with Crippen molar-refractivity contribution in [1.29, 1.82) is 0 Å². The summed E-state index contributed by atoms with van der Waals surface area (Å²) in [5.74, 6) is 0. The third-order valence-corrected chi connectivity index (χ3v) is 2.10. The van der Waals surface area contributed by atoms with Crippen molar-refractivity contribution in [3.8, 4) is 0 Å². The van der Waals surface area contributed by atoms with Gasteiger partial charge in [-0.05, 0) is 31.9 Å². The number of hydrogen-bond acceptors (Lipinski definition) is 3. The summed E-state index contributed by atoms with van der Waals surface area (Å²) in [6.07, 6.45) is 0. The van der Waals surface area contributed by atoms with Gasteiger partial charge in [0.25, 0.3) is 0 Å². The number of amides is 2. The molecule has 0 heterocycles. The van der Waals surface area contributed by atoms with Crippen molar-refractivity contribution in [3.05, 3.63) is 29.3 Å². The highest BCUT2D eigenvalue weighted by Crippen LogP contribution is 2.18. The Labute approximate surface area is 95.1 Å². The predicted octanol–water partition coefficient (Wildman–Crippen LogP) is 1.88. The number of nitrogens with one attached hydrogen (secondary N) is 3. The lowest BCUT2D eigenvalue weighted by Crippen LogP contribution is -2.40. The van der Waals surface area contributed by atoms with E-state index in [0.717, 1.165) is 16.8 Å². The minimum Gasteiger partial charge on any atom is -0.306 e. The lowest BCUT2D eigenvalue weighted by molar-refractivity contribution is 0.0294. The summed E-state index contributed by atoms with van der Waals surface area (Å²) in [6, 6.07) is 5.48. The average molecular weight is 223 g/mol. The Hall–Kier alpha value is -1.59. The van der Waals surface area contributed by atoms with Crippen LogP contribution < -0.4 is 16.3 Å². The van der Waals surface area contributed by atoms with Crippen LogP contribution in [0.25, 0.3) is 0 Å². The van der Waals surface area contributed by atoms with Gasteiger partial charge in [0.15, 0.2) is 0 Å². The number of hydrazine groups is 1. The normalized spacial score (nSPS) is 9.94. The van der Waals surface area contributed by atoms with E-state index >= 15 is 0 Å². The molecular formula is C11H17N3O2. The molecule has 2 amide bonds. The monoisotopic (exact) mass is 223 g/mol. The second kappa shape index (κ2) is 6.09. The van der Waals surface area contributed by atoms with Crippen molar-refractivity contribution in [2.45, 2.75) is 20.8 Å². The molecule has 5 nitrogen and oxygen atoms in total. The fourth-order valence-electron chi connectivity index (χ4n) is 1.31. The van der Waals surface area contributed by atoms with Gasteiger partial charge < -0.3 is 5.32 Å². The summed E-state index contributed by atoms with van der Waals surface area (Å²) in [6.45, 7) is 6.18. The molecule has 1 aromatic carbocycles. The first-order chi connectivity index (χ1) is 7.65. The van der Waals surface area contributed by atoms with Crippen LogP contribution in [0.4, 0.5) is 10.5 Å². The molecule has 0 unspecified atom stereocenters. The van der Waals surface area contributed by atoms with Crippen molar-refractivity contribution in [1.82, 2.24) is 11.0 Å². The third kappa shape index (κ3) is 3.52. The second-order valence-corrected chi connectivity index (χ2v) is 3.38. The van der Waals surface area contributed by atoms with Crippen molar-refractivity contribution in [3.63, 3.8) is 0 Å². The molecule has 1 aromatic rings. The molecule has 0 aromatic heterocycles. The van der Waals surface area contributed by atoms with E-state index in [1.54, 1.807) is 0 Å². The minimum atomic E-state index is -0.356. The molecule has 0 radical (unpaired) electrons. The quantitative estimate of drug-likeness (QED) is 0.539. The molecule has 0 saturated heterocycles. The maximum atomic E-state index is 11.4. The highest BCUT2D eigenvalue weighted by atomic mass is 16.7. The van der Waals surface area contributed by atoms with Gasteiger partial charge in [-0.3, -0.25) is 4.84 Å². The van der Waals surface area contributed by atoms with E-state index in [1.807, 2.05) is 39.0 Å². The molecule has 1 rings (SSSR count). The first-order valence-electron chi connectivity index (χ1n) is 5.15. The maximum absolute atomic E-state index is 11.4. The first-order valence-corrected chi connectivity index (χ1v) is 5.15. The molecule has 88 valence electrons. The summed E-state index contributed by atoms with van der Waals surface area (Å²) in [5, 5.41) is 2.74. The number of rotatable bonds is 4. The summed E-state index contributed by atoms with van der Waals surface area (Å²) >= 11 is 0.